The zero-order valence-corrected chi connectivity index (χ0v) is 43.2. The van der Waals surface area contributed by atoms with Crippen molar-refractivity contribution in [3.05, 3.63) is 119 Å². The number of rotatable bonds is 21. The normalized spacial score (nSPS) is 17.5. The average molecular weight is 1080 g/mol. The van der Waals surface area contributed by atoms with Gasteiger partial charge in [-0.25, -0.2) is 23.1 Å². The summed E-state index contributed by atoms with van der Waals surface area (Å²) in [6.07, 6.45) is 0.565. The lowest BCUT2D eigenvalue weighted by Crippen LogP contribution is -2.58. The molecule has 18 nitrogen and oxygen atoms in total. The quantitative estimate of drug-likeness (QED) is 0.0407. The molecule has 5 heterocycles. The molecule has 2 aliphatic rings. The third-order valence-corrected chi connectivity index (χ3v) is 15.2. The summed E-state index contributed by atoms with van der Waals surface area (Å²) in [6.45, 7) is 7.18. The molecular weight excluding hydrogens is 1020 g/mol. The highest BCUT2D eigenvalue weighted by atomic mass is 32.2. The van der Waals surface area contributed by atoms with E-state index >= 15 is 8.78 Å². The van der Waals surface area contributed by atoms with Crippen molar-refractivity contribution in [1.29, 1.82) is 0 Å². The Bertz CT molecular complexity index is 3150. The van der Waals surface area contributed by atoms with E-state index in [1.54, 1.807) is 74.1 Å². The number of aromatic nitrogens is 3. The molecule has 1 unspecified atom stereocenters. The Labute approximate surface area is 435 Å². The minimum atomic E-state index is -4.39. The molecule has 2 fully saturated rings. The topological polar surface area (TPSA) is 234 Å². The molecule has 3 amide bonds. The first kappa shape index (κ1) is 54.5. The molecule has 23 heteroatoms. The van der Waals surface area contributed by atoms with Gasteiger partial charge in [0.1, 0.15) is 48.7 Å². The zero-order valence-electron chi connectivity index (χ0n) is 41.5. The molecule has 0 spiro atoms. The number of fused-ring (bicyclic) bond motifs is 1. The molecule has 398 valence electrons. The zero-order chi connectivity index (χ0) is 53.6. The number of nitrogens with zero attached hydrogens (tertiary/aromatic N) is 4. The van der Waals surface area contributed by atoms with Crippen molar-refractivity contribution in [3.63, 3.8) is 0 Å². The number of ether oxygens (including phenoxy) is 3. The highest BCUT2D eigenvalue weighted by Gasteiger charge is 2.44. The van der Waals surface area contributed by atoms with Crippen molar-refractivity contribution < 1.29 is 60.1 Å². The number of likely N-dealkylation sites (tertiary alicyclic amines) is 1. The highest BCUT2D eigenvalue weighted by molar-refractivity contribution is 7.90. The second-order valence-electron chi connectivity index (χ2n) is 19.3. The van der Waals surface area contributed by atoms with E-state index in [9.17, 15) is 37.1 Å². The standard InChI is InChI=1S/C52H57F3N8O10S2/c1-30-47(74-29-59-30)33-7-5-31(6-8-33)23-58-50(67)42-22-36(64)27-63(42)51(68)48(52(2,3)4)60-43(65)28-72-18-17-71-19-20-73-37-11-9-32(10-12-37)34-21-38-39(25-57-49(38)56-24-34)46(66)44-40(54)13-14-41(45(44)55)61-75(69,70)62-16-15-35(53)26-62/h5-14,21,24-25,29,35-36,42,48,61,64H,15-20,22-23,26-28H2,1-4H3,(H,56,57)(H,58,67)(H,60,65)/t35-,36-,42+,48?/m1/s1. The number of thiazole rings is 1. The third-order valence-electron chi connectivity index (χ3n) is 12.8. The minimum absolute atomic E-state index is 0.0199. The molecule has 3 aromatic heterocycles. The van der Waals surface area contributed by atoms with Crippen LogP contribution in [0.4, 0.5) is 18.9 Å². The van der Waals surface area contributed by atoms with Crippen LogP contribution in [0.3, 0.4) is 0 Å². The molecule has 75 heavy (non-hydrogen) atoms. The largest absolute Gasteiger partial charge is 0.491 e. The smallest absolute Gasteiger partial charge is 0.301 e. The van der Waals surface area contributed by atoms with E-state index in [2.05, 4.69) is 25.6 Å². The van der Waals surface area contributed by atoms with E-state index in [0.29, 0.717) is 16.9 Å². The molecule has 0 radical (unpaired) electrons. The Morgan fingerprint density at radius 1 is 0.933 bits per heavy atom. The number of aliphatic hydroxyl groups is 1. The van der Waals surface area contributed by atoms with E-state index in [1.165, 1.54) is 11.1 Å². The average Bonchev–Trinajstić information content (AvgIpc) is 4.21. The second-order valence-corrected chi connectivity index (χ2v) is 21.8. The number of aromatic amines is 1. The molecule has 0 bridgehead atoms. The van der Waals surface area contributed by atoms with Crippen molar-refractivity contribution in [2.75, 3.05) is 57.4 Å². The van der Waals surface area contributed by atoms with Gasteiger partial charge in [0.25, 0.3) is 0 Å². The SMILES string of the molecule is Cc1ncsc1-c1ccc(CNC(=O)[C@@H]2C[C@@H](O)CN2C(=O)C(NC(=O)COCCOCCOc2ccc(-c3cnc4[nH]cc(C(=O)c5c(F)ccc(NS(=O)(=O)N6CC[C@@H](F)C6)c5F)c4c3)cc2)C(C)(C)C)cc1. The van der Waals surface area contributed by atoms with Crippen LogP contribution in [0.5, 0.6) is 5.75 Å². The number of hydrogen-bond donors (Lipinski definition) is 5. The summed E-state index contributed by atoms with van der Waals surface area (Å²) >= 11 is 1.55. The Balaban J connectivity index is 0.767. The molecule has 8 rings (SSSR count). The van der Waals surface area contributed by atoms with Crippen LogP contribution >= 0.6 is 11.3 Å². The molecular formula is C52H57F3N8O10S2. The van der Waals surface area contributed by atoms with Crippen LogP contribution in [0.2, 0.25) is 0 Å². The minimum Gasteiger partial charge on any atom is -0.491 e. The molecule has 6 aromatic rings. The van der Waals surface area contributed by atoms with Gasteiger partial charge in [-0.15, -0.1) is 11.3 Å². The van der Waals surface area contributed by atoms with Crippen molar-refractivity contribution in [2.45, 2.75) is 71.4 Å². The number of nitrogens with one attached hydrogen (secondary N) is 4. The van der Waals surface area contributed by atoms with Crippen LogP contribution in [-0.2, 0) is 40.6 Å². The molecule has 5 N–H and O–H groups in total. The van der Waals surface area contributed by atoms with Gasteiger partial charge in [-0.3, -0.25) is 23.9 Å². The number of aryl methyl sites for hydroxylation is 1. The number of pyridine rings is 1. The van der Waals surface area contributed by atoms with Gasteiger partial charge in [0, 0.05) is 61.5 Å². The van der Waals surface area contributed by atoms with Gasteiger partial charge >= 0.3 is 10.2 Å². The Hall–Kier alpha value is -6.76. The number of carbonyl (C=O) groups is 4. The van der Waals surface area contributed by atoms with Gasteiger partial charge in [-0.05, 0) is 65.8 Å². The van der Waals surface area contributed by atoms with E-state index in [0.717, 1.165) is 38.1 Å². The first-order valence-electron chi connectivity index (χ1n) is 24.1. The summed E-state index contributed by atoms with van der Waals surface area (Å²) in [5.74, 6) is -4.62. The van der Waals surface area contributed by atoms with Crippen LogP contribution in [0.1, 0.15) is 60.8 Å². The summed E-state index contributed by atoms with van der Waals surface area (Å²) in [7, 11) is -4.39. The third kappa shape index (κ3) is 13.0. The summed E-state index contributed by atoms with van der Waals surface area (Å²) in [6, 6.07) is 16.0. The molecule has 2 aliphatic heterocycles. The van der Waals surface area contributed by atoms with Crippen molar-refractivity contribution >= 4 is 61.8 Å². The lowest BCUT2D eigenvalue weighted by molar-refractivity contribution is -0.144. The summed E-state index contributed by atoms with van der Waals surface area (Å²) in [5.41, 5.74) is 3.62. The summed E-state index contributed by atoms with van der Waals surface area (Å²) < 4.78 is 89.9. The molecule has 4 atom stereocenters. The van der Waals surface area contributed by atoms with Gasteiger partial charge in [0.2, 0.25) is 23.5 Å². The predicted octanol–water partition coefficient (Wildman–Crippen LogP) is 6.09. The van der Waals surface area contributed by atoms with Crippen molar-refractivity contribution in [3.8, 4) is 27.3 Å². The lowest BCUT2D eigenvalue weighted by atomic mass is 9.85. The number of benzene rings is 3. The predicted molar refractivity (Wildman–Crippen MR) is 274 cm³/mol. The number of ketones is 1. The molecule has 0 saturated carbocycles. The molecule has 3 aromatic carbocycles. The fourth-order valence-corrected chi connectivity index (χ4v) is 10.8. The van der Waals surface area contributed by atoms with Gasteiger partial charge in [-0.2, -0.15) is 12.7 Å². The number of carbonyl (C=O) groups excluding carboxylic acids is 4. The second kappa shape index (κ2) is 23.4. The van der Waals surface area contributed by atoms with Gasteiger partial charge in [-0.1, -0.05) is 57.2 Å². The van der Waals surface area contributed by atoms with Gasteiger partial charge in [0.05, 0.1) is 53.3 Å². The number of anilines is 1. The maximum Gasteiger partial charge on any atom is 0.301 e. The van der Waals surface area contributed by atoms with Crippen LogP contribution < -0.4 is 20.1 Å². The van der Waals surface area contributed by atoms with Gasteiger partial charge < -0.3 is 39.8 Å². The Kier molecular flexibility index (Phi) is 17.0. The first-order valence-corrected chi connectivity index (χ1v) is 26.4. The van der Waals surface area contributed by atoms with Crippen LogP contribution in [0.25, 0.3) is 32.6 Å². The number of H-pyrrole nitrogens is 1. The maximum absolute atomic E-state index is 15.7. The number of amides is 3. The number of hydrogen-bond acceptors (Lipinski definition) is 13. The van der Waals surface area contributed by atoms with E-state index in [4.69, 9.17) is 14.2 Å². The van der Waals surface area contributed by atoms with E-state index in [1.807, 2.05) is 35.9 Å². The summed E-state index contributed by atoms with van der Waals surface area (Å²) in [5, 5.41) is 16.5. The maximum atomic E-state index is 15.7. The number of β-amino-alcohol motifs (C(OH)–C–C–N with tert-alkyl or cyclic N) is 1. The molecule has 2 saturated heterocycles. The lowest BCUT2D eigenvalue weighted by Gasteiger charge is -2.35. The van der Waals surface area contributed by atoms with E-state index in [-0.39, 0.29) is 82.1 Å². The fraction of sp³-hybridized carbons (Fsp3) is 0.385. The number of halogens is 3. The first-order chi connectivity index (χ1) is 35.8. The highest BCUT2D eigenvalue weighted by Crippen LogP contribution is 2.32. The monoisotopic (exact) mass is 1070 g/mol. The number of alkyl halides is 1. The Morgan fingerprint density at radius 2 is 1.65 bits per heavy atom. The van der Waals surface area contributed by atoms with Gasteiger partial charge in [0.15, 0.2) is 5.82 Å². The van der Waals surface area contributed by atoms with Crippen molar-refractivity contribution in [1.82, 2.24) is 34.8 Å². The van der Waals surface area contributed by atoms with Crippen molar-refractivity contribution in [2.24, 2.45) is 5.41 Å². The van der Waals surface area contributed by atoms with E-state index < -0.39 is 92.9 Å². The summed E-state index contributed by atoms with van der Waals surface area (Å²) in [4.78, 5) is 68.1. The Morgan fingerprint density at radius 3 is 2.35 bits per heavy atom. The molecule has 0 aliphatic carbocycles. The fourth-order valence-electron chi connectivity index (χ4n) is 8.76. The number of aliphatic hydroxyl groups excluding tert-OH is 1. The van der Waals surface area contributed by atoms with Crippen LogP contribution in [-0.4, -0.2) is 138 Å². The van der Waals surface area contributed by atoms with Crippen LogP contribution in [0.15, 0.2) is 84.6 Å². The van der Waals surface area contributed by atoms with Crippen LogP contribution in [0, 0.1) is 24.0 Å².